The fraction of sp³-hybridized carbons (Fsp3) is 0.250. The average Bonchev–Trinajstić information content (AvgIpc) is 2.48. The molecule has 1 N–H and O–H groups in total. The Morgan fingerprint density at radius 2 is 2.05 bits per heavy atom. The number of pyridine rings is 1. The number of aromatic nitrogens is 1. The molecule has 0 atom stereocenters. The van der Waals surface area contributed by atoms with Gasteiger partial charge in [-0.05, 0) is 48.7 Å². The number of hydrogen-bond donors (Lipinski definition) is 1. The van der Waals surface area contributed by atoms with Crippen LogP contribution in [0.5, 0.6) is 5.75 Å². The van der Waals surface area contributed by atoms with E-state index in [-0.39, 0.29) is 18.3 Å². The first-order chi connectivity index (χ1) is 9.61. The minimum Gasteiger partial charge on any atom is -0.496 e. The molecule has 4 nitrogen and oxygen atoms in total. The summed E-state index contributed by atoms with van der Waals surface area (Å²) in [7, 11) is 1.66. The lowest BCUT2D eigenvalue weighted by Crippen LogP contribution is -2.23. The van der Waals surface area contributed by atoms with Crippen LogP contribution in [0.1, 0.15) is 27.0 Å². The van der Waals surface area contributed by atoms with E-state index < -0.39 is 0 Å². The van der Waals surface area contributed by atoms with Gasteiger partial charge in [0.05, 0.1) is 12.7 Å². The number of aryl methyl sites for hydroxylation is 2. The summed E-state index contributed by atoms with van der Waals surface area (Å²) >= 11 is 0. The summed E-state index contributed by atoms with van der Waals surface area (Å²) in [6.07, 6.45) is 3.20. The van der Waals surface area contributed by atoms with Crippen molar-refractivity contribution in [3.8, 4) is 5.75 Å². The minimum atomic E-state index is -0.119. The third-order valence-corrected chi connectivity index (χ3v) is 3.22. The molecule has 0 saturated heterocycles. The normalized spacial score (nSPS) is 9.67. The highest BCUT2D eigenvalue weighted by atomic mass is 35.5. The van der Waals surface area contributed by atoms with Crippen molar-refractivity contribution in [2.45, 2.75) is 20.4 Å². The SMILES string of the molecule is COc1cc(C)c(CNC(=O)c2cccnc2)cc1C.Cl. The number of halogens is 1. The lowest BCUT2D eigenvalue weighted by atomic mass is 10.0. The molecule has 112 valence electrons. The molecule has 0 saturated carbocycles. The van der Waals surface area contributed by atoms with Gasteiger partial charge in [-0.1, -0.05) is 6.07 Å². The van der Waals surface area contributed by atoms with Crippen molar-refractivity contribution in [3.05, 3.63) is 58.9 Å². The Hall–Kier alpha value is -2.07. The Labute approximate surface area is 131 Å². The van der Waals surface area contributed by atoms with Gasteiger partial charge in [0.2, 0.25) is 0 Å². The number of methoxy groups -OCH3 is 1. The van der Waals surface area contributed by atoms with E-state index in [1.165, 1.54) is 0 Å². The van der Waals surface area contributed by atoms with Crippen molar-refractivity contribution in [2.24, 2.45) is 0 Å². The topological polar surface area (TPSA) is 51.2 Å². The zero-order chi connectivity index (χ0) is 14.5. The van der Waals surface area contributed by atoms with Gasteiger partial charge in [-0.15, -0.1) is 12.4 Å². The zero-order valence-corrected chi connectivity index (χ0v) is 13.2. The van der Waals surface area contributed by atoms with E-state index in [9.17, 15) is 4.79 Å². The molecule has 5 heteroatoms. The van der Waals surface area contributed by atoms with Crippen LogP contribution in [0.3, 0.4) is 0 Å². The molecular formula is C16H19ClN2O2. The van der Waals surface area contributed by atoms with Gasteiger partial charge in [0.15, 0.2) is 0 Å². The van der Waals surface area contributed by atoms with Gasteiger partial charge in [-0.3, -0.25) is 9.78 Å². The van der Waals surface area contributed by atoms with Crippen LogP contribution in [-0.4, -0.2) is 18.0 Å². The lowest BCUT2D eigenvalue weighted by Gasteiger charge is -2.12. The van der Waals surface area contributed by atoms with Gasteiger partial charge in [-0.2, -0.15) is 0 Å². The number of amides is 1. The first-order valence-corrected chi connectivity index (χ1v) is 6.44. The molecule has 0 radical (unpaired) electrons. The first kappa shape index (κ1) is 17.0. The highest BCUT2D eigenvalue weighted by Crippen LogP contribution is 2.22. The molecule has 1 amide bonds. The summed E-state index contributed by atoms with van der Waals surface area (Å²) in [5.41, 5.74) is 3.80. The second-order valence-electron chi connectivity index (χ2n) is 4.67. The summed E-state index contributed by atoms with van der Waals surface area (Å²) in [5, 5.41) is 2.90. The van der Waals surface area contributed by atoms with Gasteiger partial charge in [0, 0.05) is 18.9 Å². The number of hydrogen-bond acceptors (Lipinski definition) is 3. The molecule has 1 heterocycles. The summed E-state index contributed by atoms with van der Waals surface area (Å²) < 4.78 is 5.28. The van der Waals surface area contributed by atoms with E-state index in [1.54, 1.807) is 31.6 Å². The van der Waals surface area contributed by atoms with Crippen LogP contribution in [0.25, 0.3) is 0 Å². The molecule has 1 aromatic heterocycles. The van der Waals surface area contributed by atoms with Crippen LogP contribution < -0.4 is 10.1 Å². The molecule has 0 bridgehead atoms. The number of carbonyl (C=O) groups is 1. The minimum absolute atomic E-state index is 0. The van der Waals surface area contributed by atoms with Crippen molar-refractivity contribution in [1.29, 1.82) is 0 Å². The van der Waals surface area contributed by atoms with Crippen LogP contribution in [-0.2, 0) is 6.54 Å². The number of carbonyl (C=O) groups excluding carboxylic acids is 1. The van der Waals surface area contributed by atoms with Crippen molar-refractivity contribution in [3.63, 3.8) is 0 Å². The second-order valence-corrected chi connectivity index (χ2v) is 4.67. The molecule has 0 aliphatic heterocycles. The fourth-order valence-electron chi connectivity index (χ4n) is 2.03. The summed E-state index contributed by atoms with van der Waals surface area (Å²) in [6.45, 7) is 4.49. The molecule has 1 aromatic carbocycles. The van der Waals surface area contributed by atoms with E-state index in [0.29, 0.717) is 12.1 Å². The maximum Gasteiger partial charge on any atom is 0.253 e. The smallest absolute Gasteiger partial charge is 0.253 e. The van der Waals surface area contributed by atoms with Crippen molar-refractivity contribution in [2.75, 3.05) is 7.11 Å². The maximum absolute atomic E-state index is 12.0. The number of rotatable bonds is 4. The quantitative estimate of drug-likeness (QED) is 0.944. The van der Waals surface area contributed by atoms with Crippen molar-refractivity contribution >= 4 is 18.3 Å². The van der Waals surface area contributed by atoms with Gasteiger partial charge in [0.1, 0.15) is 5.75 Å². The predicted octanol–water partition coefficient (Wildman–Crippen LogP) is 3.06. The first-order valence-electron chi connectivity index (χ1n) is 6.44. The average molecular weight is 307 g/mol. The summed E-state index contributed by atoms with van der Waals surface area (Å²) in [4.78, 5) is 15.9. The predicted molar refractivity (Wildman–Crippen MR) is 85.1 cm³/mol. The van der Waals surface area contributed by atoms with Crippen LogP contribution in [0.15, 0.2) is 36.7 Å². The Balaban J connectivity index is 0.00000220. The lowest BCUT2D eigenvalue weighted by molar-refractivity contribution is 0.0950. The molecule has 0 aliphatic rings. The fourth-order valence-corrected chi connectivity index (χ4v) is 2.03. The van der Waals surface area contributed by atoms with Crippen LogP contribution in [0.4, 0.5) is 0 Å². The zero-order valence-electron chi connectivity index (χ0n) is 12.3. The molecular weight excluding hydrogens is 288 g/mol. The van der Waals surface area contributed by atoms with E-state index in [0.717, 1.165) is 22.4 Å². The van der Waals surface area contributed by atoms with E-state index in [1.807, 2.05) is 26.0 Å². The molecule has 21 heavy (non-hydrogen) atoms. The number of benzene rings is 1. The second kappa shape index (κ2) is 7.64. The van der Waals surface area contributed by atoms with Crippen LogP contribution >= 0.6 is 12.4 Å². The monoisotopic (exact) mass is 306 g/mol. The number of ether oxygens (including phenoxy) is 1. The maximum atomic E-state index is 12.0. The molecule has 2 rings (SSSR count). The standard InChI is InChI=1S/C16H18N2O2.ClH/c1-11-8-15(20-3)12(2)7-14(11)10-18-16(19)13-5-4-6-17-9-13;/h4-9H,10H2,1-3H3,(H,18,19);1H. The Morgan fingerprint density at radius 1 is 1.29 bits per heavy atom. The Kier molecular flexibility index (Phi) is 6.18. The number of nitrogens with zero attached hydrogens (tertiary/aromatic N) is 1. The third-order valence-electron chi connectivity index (χ3n) is 3.22. The summed E-state index contributed by atoms with van der Waals surface area (Å²) in [5.74, 6) is 0.746. The number of nitrogens with one attached hydrogen (secondary N) is 1. The Bertz CT molecular complexity index is 615. The third kappa shape index (κ3) is 4.20. The van der Waals surface area contributed by atoms with E-state index in [2.05, 4.69) is 10.3 Å². The van der Waals surface area contributed by atoms with Gasteiger partial charge in [-0.25, -0.2) is 0 Å². The molecule has 2 aromatic rings. The highest BCUT2D eigenvalue weighted by Gasteiger charge is 2.08. The van der Waals surface area contributed by atoms with E-state index >= 15 is 0 Å². The molecule has 0 fully saturated rings. The molecule has 0 spiro atoms. The molecule has 0 aliphatic carbocycles. The Morgan fingerprint density at radius 3 is 2.67 bits per heavy atom. The molecule has 0 unspecified atom stereocenters. The van der Waals surface area contributed by atoms with E-state index in [4.69, 9.17) is 4.74 Å². The highest BCUT2D eigenvalue weighted by molar-refractivity contribution is 5.93. The largest absolute Gasteiger partial charge is 0.496 e. The summed E-state index contributed by atoms with van der Waals surface area (Å²) in [6, 6.07) is 7.52. The van der Waals surface area contributed by atoms with Gasteiger partial charge in [0.25, 0.3) is 5.91 Å². The van der Waals surface area contributed by atoms with Crippen molar-refractivity contribution < 1.29 is 9.53 Å². The van der Waals surface area contributed by atoms with Crippen LogP contribution in [0.2, 0.25) is 0 Å². The van der Waals surface area contributed by atoms with Crippen molar-refractivity contribution in [1.82, 2.24) is 10.3 Å². The van der Waals surface area contributed by atoms with Gasteiger partial charge < -0.3 is 10.1 Å². The van der Waals surface area contributed by atoms with Crippen LogP contribution in [0, 0.1) is 13.8 Å². The van der Waals surface area contributed by atoms with Gasteiger partial charge >= 0.3 is 0 Å².